The molecule has 3 nitrogen and oxygen atoms in total. The third-order valence-corrected chi connectivity index (χ3v) is 3.38. The predicted molar refractivity (Wildman–Crippen MR) is 85.2 cm³/mol. The highest BCUT2D eigenvalue weighted by atomic mass is 35.6. The quantitative estimate of drug-likeness (QED) is 0.802. The number of alkyl halides is 3. The van der Waals surface area contributed by atoms with Gasteiger partial charge in [-0.2, -0.15) is 0 Å². The number of rotatable bonds is 4. The van der Waals surface area contributed by atoms with E-state index in [0.29, 0.717) is 5.69 Å². The second-order valence-corrected chi connectivity index (χ2v) is 7.01. The van der Waals surface area contributed by atoms with Gasteiger partial charge in [0.25, 0.3) is 9.70 Å². The molecule has 0 saturated carbocycles. The lowest BCUT2D eigenvalue weighted by Crippen LogP contribution is -2.27. The minimum Gasteiger partial charge on any atom is -0.490 e. The van der Waals surface area contributed by atoms with Crippen molar-refractivity contribution in [3.05, 3.63) is 23.3 Å². The minimum absolute atomic E-state index is 0.133. The Bertz CT molecular complexity index is 475. The topological polar surface area (TPSA) is 38.3 Å². The third kappa shape index (κ3) is 4.72. The van der Waals surface area contributed by atoms with Crippen LogP contribution in [0.2, 0.25) is 0 Å². The zero-order valence-electron chi connectivity index (χ0n) is 11.9. The highest BCUT2D eigenvalue weighted by Gasteiger charge is 2.30. The number of ether oxygens (including phenoxy) is 1. The van der Waals surface area contributed by atoms with Crippen molar-refractivity contribution in [3.8, 4) is 5.75 Å². The Kier molecular flexibility index (Phi) is 5.99. The van der Waals surface area contributed by atoms with Crippen LogP contribution in [0.3, 0.4) is 0 Å². The van der Waals surface area contributed by atoms with Crippen molar-refractivity contribution in [1.29, 1.82) is 0 Å². The largest absolute Gasteiger partial charge is 0.490 e. The maximum atomic E-state index is 11.6. The number of benzene rings is 1. The SMILES string of the molecule is CC[C@@H](C)Oc1c(C)cc(NC(=O)C(Cl)(Cl)Cl)cc1C. The fourth-order valence-corrected chi connectivity index (χ4v) is 1.84. The first-order chi connectivity index (χ1) is 9.15. The summed E-state index contributed by atoms with van der Waals surface area (Å²) in [5.74, 6) is 0.142. The molecule has 0 heterocycles. The van der Waals surface area contributed by atoms with Gasteiger partial charge in [0.2, 0.25) is 0 Å². The normalized spacial score (nSPS) is 12.9. The Morgan fingerprint density at radius 1 is 1.30 bits per heavy atom. The first-order valence-electron chi connectivity index (χ1n) is 6.31. The Labute approximate surface area is 134 Å². The van der Waals surface area contributed by atoms with Gasteiger partial charge in [0.15, 0.2) is 0 Å². The lowest BCUT2D eigenvalue weighted by Gasteiger charge is -2.19. The molecule has 0 saturated heterocycles. The smallest absolute Gasteiger partial charge is 0.276 e. The second kappa shape index (κ2) is 6.88. The summed E-state index contributed by atoms with van der Waals surface area (Å²) in [5.41, 5.74) is 2.42. The van der Waals surface area contributed by atoms with Gasteiger partial charge < -0.3 is 10.1 Å². The first-order valence-corrected chi connectivity index (χ1v) is 7.44. The van der Waals surface area contributed by atoms with Crippen LogP contribution in [0.4, 0.5) is 5.69 Å². The average molecular weight is 339 g/mol. The molecule has 0 aromatic heterocycles. The summed E-state index contributed by atoms with van der Waals surface area (Å²) < 4.78 is 3.88. The zero-order chi connectivity index (χ0) is 15.5. The highest BCUT2D eigenvalue weighted by molar-refractivity contribution is 6.76. The summed E-state index contributed by atoms with van der Waals surface area (Å²) in [4.78, 5) is 11.6. The fourth-order valence-electron chi connectivity index (χ4n) is 1.69. The van der Waals surface area contributed by atoms with Gasteiger partial charge in [-0.15, -0.1) is 0 Å². The van der Waals surface area contributed by atoms with Gasteiger partial charge in [-0.3, -0.25) is 4.79 Å². The first kappa shape index (κ1) is 17.4. The summed E-state index contributed by atoms with van der Waals surface area (Å²) >= 11 is 16.6. The molecule has 20 heavy (non-hydrogen) atoms. The molecule has 0 radical (unpaired) electrons. The monoisotopic (exact) mass is 337 g/mol. The molecule has 0 aliphatic heterocycles. The number of halogens is 3. The molecular weight excluding hydrogens is 321 g/mol. The van der Waals surface area contributed by atoms with E-state index in [9.17, 15) is 4.79 Å². The van der Waals surface area contributed by atoms with Crippen LogP contribution in [-0.2, 0) is 4.79 Å². The molecule has 1 amide bonds. The van der Waals surface area contributed by atoms with Gasteiger partial charge in [0, 0.05) is 5.69 Å². The van der Waals surface area contributed by atoms with E-state index in [2.05, 4.69) is 12.2 Å². The lowest BCUT2D eigenvalue weighted by atomic mass is 10.1. The van der Waals surface area contributed by atoms with Crippen LogP contribution < -0.4 is 10.1 Å². The molecule has 1 rings (SSSR count). The molecule has 6 heteroatoms. The van der Waals surface area contributed by atoms with E-state index in [1.54, 1.807) is 12.1 Å². The zero-order valence-corrected chi connectivity index (χ0v) is 14.2. The van der Waals surface area contributed by atoms with E-state index < -0.39 is 9.70 Å². The lowest BCUT2D eigenvalue weighted by molar-refractivity contribution is -0.115. The van der Waals surface area contributed by atoms with Gasteiger partial charge in [-0.25, -0.2) is 0 Å². The summed E-state index contributed by atoms with van der Waals surface area (Å²) in [6.07, 6.45) is 1.05. The molecular formula is C14H18Cl3NO2. The third-order valence-electron chi connectivity index (χ3n) is 2.87. The number of amides is 1. The summed E-state index contributed by atoms with van der Waals surface area (Å²) in [5, 5.41) is 2.57. The second-order valence-electron chi connectivity index (χ2n) is 4.73. The number of carbonyl (C=O) groups is 1. The summed E-state index contributed by atoms with van der Waals surface area (Å²) in [6.45, 7) is 7.90. The van der Waals surface area contributed by atoms with Crippen molar-refractivity contribution >= 4 is 46.4 Å². The van der Waals surface area contributed by atoms with Gasteiger partial charge in [0.1, 0.15) is 5.75 Å². The summed E-state index contributed by atoms with van der Waals surface area (Å²) in [7, 11) is 0. The van der Waals surface area contributed by atoms with Crippen molar-refractivity contribution in [1.82, 2.24) is 0 Å². The van der Waals surface area contributed by atoms with E-state index in [1.807, 2.05) is 20.8 Å². The standard InChI is InChI=1S/C14H18Cl3NO2/c1-5-10(4)20-12-8(2)6-11(7-9(12)3)18-13(19)14(15,16)17/h6-7,10H,5H2,1-4H3,(H,18,19)/t10-/m1/s1. The van der Waals surface area contributed by atoms with Crippen LogP contribution in [0.5, 0.6) is 5.75 Å². The maximum absolute atomic E-state index is 11.6. The van der Waals surface area contributed by atoms with E-state index in [0.717, 1.165) is 23.3 Å². The molecule has 1 aromatic carbocycles. The van der Waals surface area contributed by atoms with E-state index in [4.69, 9.17) is 39.5 Å². The number of hydrogen-bond acceptors (Lipinski definition) is 2. The highest BCUT2D eigenvalue weighted by Crippen LogP contribution is 2.31. The Morgan fingerprint density at radius 3 is 2.20 bits per heavy atom. The Hall–Kier alpha value is -0.640. The number of carbonyl (C=O) groups excluding carboxylic acids is 1. The van der Waals surface area contributed by atoms with Crippen molar-refractivity contribution in [3.63, 3.8) is 0 Å². The van der Waals surface area contributed by atoms with Crippen LogP contribution in [0, 0.1) is 13.8 Å². The molecule has 0 fully saturated rings. The van der Waals surface area contributed by atoms with Crippen molar-refractivity contribution in [2.45, 2.75) is 44.0 Å². The molecule has 1 atom stereocenters. The number of nitrogens with one attached hydrogen (secondary N) is 1. The van der Waals surface area contributed by atoms with Gasteiger partial charge in [-0.1, -0.05) is 41.7 Å². The van der Waals surface area contributed by atoms with Crippen molar-refractivity contribution in [2.75, 3.05) is 5.32 Å². The fraction of sp³-hybridized carbons (Fsp3) is 0.500. The molecule has 0 spiro atoms. The van der Waals surface area contributed by atoms with Gasteiger partial charge in [-0.05, 0) is 50.5 Å². The van der Waals surface area contributed by atoms with E-state index >= 15 is 0 Å². The number of aryl methyl sites for hydroxylation is 2. The average Bonchev–Trinajstić information content (AvgIpc) is 2.32. The minimum atomic E-state index is -1.98. The van der Waals surface area contributed by atoms with Gasteiger partial charge >= 0.3 is 0 Å². The molecule has 112 valence electrons. The van der Waals surface area contributed by atoms with Crippen molar-refractivity contribution < 1.29 is 9.53 Å². The van der Waals surface area contributed by atoms with Crippen LogP contribution in [0.1, 0.15) is 31.4 Å². The molecule has 0 bridgehead atoms. The summed E-state index contributed by atoms with van der Waals surface area (Å²) in [6, 6.07) is 3.58. The van der Waals surface area contributed by atoms with Crippen LogP contribution >= 0.6 is 34.8 Å². The predicted octanol–water partition coefficient (Wildman–Crippen LogP) is 4.79. The molecule has 1 N–H and O–H groups in total. The number of anilines is 1. The maximum Gasteiger partial charge on any atom is 0.276 e. The molecule has 0 aliphatic carbocycles. The van der Waals surface area contributed by atoms with Crippen LogP contribution in [-0.4, -0.2) is 15.8 Å². The number of hydrogen-bond donors (Lipinski definition) is 1. The van der Waals surface area contributed by atoms with Crippen LogP contribution in [0.15, 0.2) is 12.1 Å². The molecule has 1 aromatic rings. The molecule has 0 unspecified atom stereocenters. The Morgan fingerprint density at radius 2 is 1.80 bits per heavy atom. The molecule has 0 aliphatic rings. The van der Waals surface area contributed by atoms with E-state index in [-0.39, 0.29) is 6.10 Å². The van der Waals surface area contributed by atoms with Crippen LogP contribution in [0.25, 0.3) is 0 Å². The van der Waals surface area contributed by atoms with Gasteiger partial charge in [0.05, 0.1) is 6.10 Å². The Balaban J connectivity index is 2.96. The van der Waals surface area contributed by atoms with E-state index in [1.165, 1.54) is 0 Å². The van der Waals surface area contributed by atoms with Crippen molar-refractivity contribution in [2.24, 2.45) is 0 Å².